The largest absolute Gasteiger partial charge is 0.391 e. The summed E-state index contributed by atoms with van der Waals surface area (Å²) in [7, 11) is 0. The molecule has 1 amide bonds. The van der Waals surface area contributed by atoms with E-state index in [0.29, 0.717) is 29.7 Å². The number of β-amino-alcohol motifs (C(OH)–C–C–N with tert-alkyl or cyclic N) is 1. The van der Waals surface area contributed by atoms with Gasteiger partial charge in [0.25, 0.3) is 0 Å². The number of benzene rings is 2. The zero-order valence-electron chi connectivity index (χ0n) is 18.2. The number of nitrogens with one attached hydrogen (secondary N) is 1. The van der Waals surface area contributed by atoms with Crippen LogP contribution in [0.25, 0.3) is 22.2 Å². The van der Waals surface area contributed by atoms with Crippen LogP contribution in [-0.2, 0) is 4.79 Å². The second-order valence-electron chi connectivity index (χ2n) is 9.39. The Labute approximate surface area is 185 Å². The molecule has 1 atom stereocenters. The van der Waals surface area contributed by atoms with Crippen LogP contribution in [0.2, 0.25) is 0 Å². The van der Waals surface area contributed by atoms with Gasteiger partial charge in [0.15, 0.2) is 0 Å². The van der Waals surface area contributed by atoms with Gasteiger partial charge in [0.05, 0.1) is 11.6 Å². The third-order valence-corrected chi connectivity index (χ3v) is 6.46. The van der Waals surface area contributed by atoms with Gasteiger partial charge in [0.1, 0.15) is 17.5 Å². The topological polar surface area (TPSA) is 56.3 Å². The maximum absolute atomic E-state index is 13.5. The average Bonchev–Trinajstić information content (AvgIpc) is 3.22. The van der Waals surface area contributed by atoms with Crippen molar-refractivity contribution in [3.63, 3.8) is 0 Å². The van der Waals surface area contributed by atoms with E-state index in [1.807, 2.05) is 18.7 Å². The first-order chi connectivity index (χ1) is 15.1. The van der Waals surface area contributed by atoms with Crippen LogP contribution >= 0.6 is 0 Å². The predicted molar refractivity (Wildman–Crippen MR) is 117 cm³/mol. The van der Waals surface area contributed by atoms with Gasteiger partial charge < -0.3 is 15.0 Å². The number of hydrogen-bond donors (Lipinski definition) is 2. The number of carbonyl (C=O) groups excluding carboxylic acids is 1. The first-order valence-corrected chi connectivity index (χ1v) is 10.8. The van der Waals surface area contributed by atoms with E-state index < -0.39 is 11.6 Å². The Bertz CT molecular complexity index is 1120. The third-order valence-electron chi connectivity index (χ3n) is 6.46. The van der Waals surface area contributed by atoms with E-state index >= 15 is 0 Å². The standard InChI is InChI=1S/C14H8F3N.C11H19NO2/c15-10-3-1-8(2-4-10)13-6-9-5-11(16)7-12(17)14(9)18-13;1-11(2)7-12(6-9(11)13)10(14)8-4-3-5-8/h1-7,18H;8-9,13H,3-7H2,1-2H3. The SMILES string of the molecule is CC1(C)CN(C(=O)C2CCC2)CC1O.Fc1ccc(-c2cc3cc(F)cc(F)c3[nH]2)cc1. The zero-order chi connectivity index (χ0) is 23.0. The molecule has 7 heteroatoms. The van der Waals surface area contributed by atoms with Gasteiger partial charge >= 0.3 is 0 Å². The van der Waals surface area contributed by atoms with Crippen molar-refractivity contribution >= 4 is 16.8 Å². The second-order valence-corrected chi connectivity index (χ2v) is 9.39. The third kappa shape index (κ3) is 4.53. The number of fused-ring (bicyclic) bond motifs is 1. The van der Waals surface area contributed by atoms with Crippen LogP contribution < -0.4 is 0 Å². The minimum absolute atomic E-state index is 0.126. The molecule has 32 heavy (non-hydrogen) atoms. The lowest BCUT2D eigenvalue weighted by atomic mass is 9.84. The van der Waals surface area contributed by atoms with Gasteiger partial charge in [-0.2, -0.15) is 0 Å². The number of aromatic nitrogens is 1. The van der Waals surface area contributed by atoms with E-state index in [1.54, 1.807) is 18.2 Å². The molecule has 1 unspecified atom stereocenters. The summed E-state index contributed by atoms with van der Waals surface area (Å²) < 4.78 is 39.4. The molecule has 5 rings (SSSR count). The van der Waals surface area contributed by atoms with Crippen LogP contribution in [0.3, 0.4) is 0 Å². The van der Waals surface area contributed by atoms with E-state index in [1.165, 1.54) is 24.6 Å². The Morgan fingerprint density at radius 3 is 2.31 bits per heavy atom. The number of amides is 1. The lowest BCUT2D eigenvalue weighted by molar-refractivity contribution is -0.137. The maximum Gasteiger partial charge on any atom is 0.225 e. The monoisotopic (exact) mass is 444 g/mol. The van der Waals surface area contributed by atoms with E-state index in [0.717, 1.165) is 18.9 Å². The second kappa shape index (κ2) is 8.62. The summed E-state index contributed by atoms with van der Waals surface area (Å²) in [4.78, 5) is 16.6. The summed E-state index contributed by atoms with van der Waals surface area (Å²) in [5.74, 6) is -1.08. The van der Waals surface area contributed by atoms with E-state index in [2.05, 4.69) is 4.98 Å². The fraction of sp³-hybridized carbons (Fsp3) is 0.400. The molecular weight excluding hydrogens is 417 g/mol. The minimum Gasteiger partial charge on any atom is -0.391 e. The molecule has 1 aliphatic carbocycles. The van der Waals surface area contributed by atoms with Crippen molar-refractivity contribution in [2.75, 3.05) is 13.1 Å². The smallest absolute Gasteiger partial charge is 0.225 e. The van der Waals surface area contributed by atoms with Crippen molar-refractivity contribution < 1.29 is 23.1 Å². The highest BCUT2D eigenvalue weighted by atomic mass is 19.1. The van der Waals surface area contributed by atoms with Crippen molar-refractivity contribution in [3.8, 4) is 11.3 Å². The van der Waals surface area contributed by atoms with Crippen molar-refractivity contribution in [1.82, 2.24) is 9.88 Å². The Kier molecular flexibility index (Phi) is 6.03. The number of aliphatic hydroxyl groups excluding tert-OH is 1. The predicted octanol–water partition coefficient (Wildman–Crippen LogP) is 5.27. The molecule has 2 aromatic carbocycles. The molecule has 0 bridgehead atoms. The van der Waals surface area contributed by atoms with Crippen LogP contribution in [0, 0.1) is 28.8 Å². The van der Waals surface area contributed by atoms with Crippen LogP contribution in [-0.4, -0.2) is 40.1 Å². The molecule has 1 aromatic heterocycles. The molecule has 3 aromatic rings. The minimum atomic E-state index is -0.640. The Balaban J connectivity index is 0.000000158. The quantitative estimate of drug-likeness (QED) is 0.566. The van der Waals surface area contributed by atoms with Crippen LogP contribution in [0.4, 0.5) is 13.2 Å². The Morgan fingerprint density at radius 2 is 1.75 bits per heavy atom. The fourth-order valence-corrected chi connectivity index (χ4v) is 4.15. The number of hydrogen-bond acceptors (Lipinski definition) is 2. The van der Waals surface area contributed by atoms with Crippen LogP contribution in [0.5, 0.6) is 0 Å². The molecule has 0 spiro atoms. The molecule has 1 saturated heterocycles. The lowest BCUT2D eigenvalue weighted by Gasteiger charge is -2.29. The van der Waals surface area contributed by atoms with Crippen molar-refractivity contribution in [2.24, 2.45) is 11.3 Å². The number of rotatable bonds is 2. The Morgan fingerprint density at radius 1 is 1.06 bits per heavy atom. The molecule has 2 aliphatic rings. The van der Waals surface area contributed by atoms with Gasteiger partial charge in [-0.15, -0.1) is 0 Å². The highest BCUT2D eigenvalue weighted by Crippen LogP contribution is 2.34. The maximum atomic E-state index is 13.5. The number of likely N-dealkylation sites (tertiary alicyclic amines) is 1. The van der Waals surface area contributed by atoms with E-state index in [4.69, 9.17) is 0 Å². The van der Waals surface area contributed by atoms with Gasteiger partial charge in [-0.1, -0.05) is 20.3 Å². The van der Waals surface area contributed by atoms with Crippen LogP contribution in [0.1, 0.15) is 33.1 Å². The van der Waals surface area contributed by atoms with Crippen molar-refractivity contribution in [1.29, 1.82) is 0 Å². The molecule has 170 valence electrons. The molecule has 2 fully saturated rings. The van der Waals surface area contributed by atoms with Gasteiger partial charge in [-0.05, 0) is 54.8 Å². The van der Waals surface area contributed by atoms with Crippen molar-refractivity contribution in [3.05, 3.63) is 59.9 Å². The van der Waals surface area contributed by atoms with Crippen LogP contribution in [0.15, 0.2) is 42.5 Å². The number of carbonyl (C=O) groups is 1. The zero-order valence-corrected chi connectivity index (χ0v) is 18.2. The summed E-state index contributed by atoms with van der Waals surface area (Å²) in [5.41, 5.74) is 1.46. The highest BCUT2D eigenvalue weighted by Gasteiger charge is 2.42. The molecule has 4 nitrogen and oxygen atoms in total. The Hall–Kier alpha value is -2.80. The summed E-state index contributed by atoms with van der Waals surface area (Å²) in [6.07, 6.45) is 2.93. The molecule has 2 N–H and O–H groups in total. The summed E-state index contributed by atoms with van der Waals surface area (Å²) >= 11 is 0. The van der Waals surface area contributed by atoms with Gasteiger partial charge in [0, 0.05) is 41.6 Å². The van der Waals surface area contributed by atoms with Gasteiger partial charge in [-0.3, -0.25) is 4.79 Å². The number of aromatic amines is 1. The number of H-pyrrole nitrogens is 1. The van der Waals surface area contributed by atoms with E-state index in [-0.39, 0.29) is 34.7 Å². The number of halogens is 3. The highest BCUT2D eigenvalue weighted by molar-refractivity contribution is 5.86. The van der Waals surface area contributed by atoms with E-state index in [9.17, 15) is 23.1 Å². The summed E-state index contributed by atoms with van der Waals surface area (Å²) in [6.45, 7) is 5.28. The first-order valence-electron chi connectivity index (χ1n) is 10.8. The fourth-order valence-electron chi connectivity index (χ4n) is 4.15. The average molecular weight is 444 g/mol. The normalized spacial score (nSPS) is 20.1. The molecular formula is C25H27F3N2O2. The first kappa shape index (κ1) is 22.4. The summed E-state index contributed by atoms with van der Waals surface area (Å²) in [5, 5.41) is 10.2. The molecule has 1 saturated carbocycles. The number of aliphatic hydroxyl groups is 1. The molecule has 1 aliphatic heterocycles. The summed E-state index contributed by atoms with van der Waals surface area (Å²) in [6, 6.07) is 9.50. The number of nitrogens with zero attached hydrogens (tertiary/aromatic N) is 1. The van der Waals surface area contributed by atoms with Crippen molar-refractivity contribution in [2.45, 2.75) is 39.2 Å². The van der Waals surface area contributed by atoms with Gasteiger partial charge in [0.2, 0.25) is 5.91 Å². The lowest BCUT2D eigenvalue weighted by Crippen LogP contribution is -2.38. The molecule has 0 radical (unpaired) electrons. The molecule has 2 heterocycles. The van der Waals surface area contributed by atoms with Gasteiger partial charge in [-0.25, -0.2) is 13.2 Å².